The highest BCUT2D eigenvalue weighted by molar-refractivity contribution is 5.72. The van der Waals surface area contributed by atoms with E-state index in [1.165, 1.54) is 5.57 Å². The molecule has 0 saturated carbocycles. The third-order valence-corrected chi connectivity index (χ3v) is 6.61. The number of carbonyl (C=O) groups is 2. The molecule has 2 aliphatic rings. The van der Waals surface area contributed by atoms with Crippen LogP contribution in [0.15, 0.2) is 23.8 Å². The number of aliphatic carboxylic acids is 1. The Hall–Kier alpha value is -1.62. The zero-order valence-corrected chi connectivity index (χ0v) is 18.3. The zero-order valence-electron chi connectivity index (χ0n) is 18.3. The summed E-state index contributed by atoms with van der Waals surface area (Å²) < 4.78 is 6.03. The molecule has 0 saturated heterocycles. The summed E-state index contributed by atoms with van der Waals surface area (Å²) in [5.41, 5.74) is 1.29. The van der Waals surface area contributed by atoms with Crippen molar-refractivity contribution in [3.05, 3.63) is 23.8 Å². The number of allylic oxidation sites excluding steroid dienone is 3. The quantitative estimate of drug-likeness (QED) is 0.404. The van der Waals surface area contributed by atoms with Crippen molar-refractivity contribution < 1.29 is 24.5 Å². The van der Waals surface area contributed by atoms with Gasteiger partial charge in [0.25, 0.3) is 0 Å². The Morgan fingerprint density at radius 3 is 2.66 bits per heavy atom. The van der Waals surface area contributed by atoms with Crippen molar-refractivity contribution >= 4 is 11.9 Å². The normalized spacial score (nSPS) is 30.8. The van der Waals surface area contributed by atoms with Gasteiger partial charge in [0.15, 0.2) is 0 Å². The number of hydrogen-bond acceptors (Lipinski definition) is 4. The molecule has 0 aromatic carbocycles. The van der Waals surface area contributed by atoms with Gasteiger partial charge < -0.3 is 14.9 Å². The second-order valence-corrected chi connectivity index (χ2v) is 9.11. The molecule has 0 aliphatic heterocycles. The van der Waals surface area contributed by atoms with Gasteiger partial charge in [-0.1, -0.05) is 58.8 Å². The molecule has 0 amide bonds. The Balaban J connectivity index is 2.04. The Labute approximate surface area is 175 Å². The molecule has 2 N–H and O–H groups in total. The lowest BCUT2D eigenvalue weighted by atomic mass is 9.65. The number of carboxylic acid groups (broad SMARTS) is 1. The Morgan fingerprint density at radius 1 is 1.28 bits per heavy atom. The molecule has 2 rings (SSSR count). The van der Waals surface area contributed by atoms with Gasteiger partial charge in [0, 0.05) is 5.92 Å². The van der Waals surface area contributed by atoms with Gasteiger partial charge >= 0.3 is 11.9 Å². The summed E-state index contributed by atoms with van der Waals surface area (Å²) >= 11 is 0. The first-order chi connectivity index (χ1) is 13.7. The number of aliphatic hydroxyl groups excluding tert-OH is 1. The predicted molar refractivity (Wildman–Crippen MR) is 113 cm³/mol. The second kappa shape index (κ2) is 11.0. The van der Waals surface area contributed by atoms with Crippen molar-refractivity contribution in [2.45, 2.75) is 84.8 Å². The Morgan fingerprint density at radius 2 is 2.00 bits per heavy atom. The van der Waals surface area contributed by atoms with E-state index >= 15 is 0 Å². The van der Waals surface area contributed by atoms with E-state index in [2.05, 4.69) is 32.1 Å². The van der Waals surface area contributed by atoms with Gasteiger partial charge in [-0.3, -0.25) is 9.59 Å². The van der Waals surface area contributed by atoms with E-state index < -0.39 is 12.1 Å². The first-order valence-corrected chi connectivity index (χ1v) is 11.2. The van der Waals surface area contributed by atoms with E-state index in [0.29, 0.717) is 24.2 Å². The third-order valence-electron chi connectivity index (χ3n) is 6.61. The first-order valence-electron chi connectivity index (χ1n) is 11.2. The van der Waals surface area contributed by atoms with Crippen molar-refractivity contribution in [2.24, 2.45) is 29.6 Å². The molecule has 0 bridgehead atoms. The highest BCUT2D eigenvalue weighted by atomic mass is 16.5. The van der Waals surface area contributed by atoms with E-state index in [1.807, 2.05) is 13.8 Å². The number of carboxylic acids is 1. The number of aliphatic hydroxyl groups is 1. The summed E-state index contributed by atoms with van der Waals surface area (Å²) in [5.74, 6) is 0.281. The van der Waals surface area contributed by atoms with Crippen molar-refractivity contribution in [1.29, 1.82) is 0 Å². The molecule has 0 radical (unpaired) electrons. The molecule has 0 unspecified atom stereocenters. The minimum Gasteiger partial charge on any atom is -0.481 e. The molecular formula is C24H38O5. The van der Waals surface area contributed by atoms with E-state index in [9.17, 15) is 14.7 Å². The third kappa shape index (κ3) is 6.70. The summed E-state index contributed by atoms with van der Waals surface area (Å²) in [6.07, 6.45) is 10.6. The van der Waals surface area contributed by atoms with Gasteiger partial charge in [0.05, 0.1) is 18.4 Å². The van der Waals surface area contributed by atoms with Crippen LogP contribution in [0, 0.1) is 29.6 Å². The number of ether oxygens (including phenoxy) is 1. The van der Waals surface area contributed by atoms with Crippen molar-refractivity contribution in [3.8, 4) is 0 Å². The van der Waals surface area contributed by atoms with E-state index in [1.54, 1.807) is 0 Å². The molecule has 0 fully saturated rings. The van der Waals surface area contributed by atoms with Crippen molar-refractivity contribution in [2.75, 3.05) is 0 Å². The van der Waals surface area contributed by atoms with Crippen LogP contribution < -0.4 is 0 Å². The predicted octanol–water partition coefficient (Wildman–Crippen LogP) is 4.74. The number of unbranched alkanes of at least 4 members (excludes halogenated alkanes) is 1. The number of carbonyl (C=O) groups excluding carboxylic acids is 1. The topological polar surface area (TPSA) is 83.8 Å². The van der Waals surface area contributed by atoms with Gasteiger partial charge in [0.2, 0.25) is 0 Å². The van der Waals surface area contributed by atoms with Crippen LogP contribution in [-0.2, 0) is 14.3 Å². The molecule has 5 heteroatoms. The van der Waals surface area contributed by atoms with Crippen LogP contribution in [0.4, 0.5) is 0 Å². The van der Waals surface area contributed by atoms with Gasteiger partial charge in [-0.15, -0.1) is 0 Å². The van der Waals surface area contributed by atoms with Crippen LogP contribution in [-0.4, -0.2) is 34.4 Å². The molecule has 0 aromatic heterocycles. The standard InChI is InChI=1S/C24H38O5/c1-5-16(3)24(28)29-21-13-15(2)12-18-11-10-17(4)20(23(18)21)9-7-6-8-19(25)14-22(26)27/h10-12,15-17,19-21,23,25H,5-9,13-14H2,1-4H3,(H,26,27)/t15-,16-,17-,19+,20-,21-,23-/m0/s1. The average molecular weight is 407 g/mol. The molecule has 164 valence electrons. The fourth-order valence-corrected chi connectivity index (χ4v) is 4.72. The Bertz CT molecular complexity index is 623. The Kier molecular flexibility index (Phi) is 8.94. The average Bonchev–Trinajstić information content (AvgIpc) is 2.65. The van der Waals surface area contributed by atoms with Crippen LogP contribution in [0.1, 0.15) is 72.6 Å². The fraction of sp³-hybridized carbons (Fsp3) is 0.750. The molecular weight excluding hydrogens is 368 g/mol. The van der Waals surface area contributed by atoms with E-state index in [-0.39, 0.29) is 30.3 Å². The lowest BCUT2D eigenvalue weighted by Crippen LogP contribution is -2.41. The van der Waals surface area contributed by atoms with Crippen LogP contribution in [0.25, 0.3) is 0 Å². The van der Waals surface area contributed by atoms with E-state index in [4.69, 9.17) is 9.84 Å². The molecule has 0 heterocycles. The summed E-state index contributed by atoms with van der Waals surface area (Å²) in [6.45, 7) is 8.34. The highest BCUT2D eigenvalue weighted by Gasteiger charge is 2.41. The zero-order chi connectivity index (χ0) is 21.6. The van der Waals surface area contributed by atoms with Gasteiger partial charge in [0.1, 0.15) is 6.10 Å². The second-order valence-electron chi connectivity index (χ2n) is 9.11. The summed E-state index contributed by atoms with van der Waals surface area (Å²) in [7, 11) is 0. The summed E-state index contributed by atoms with van der Waals surface area (Å²) in [6, 6.07) is 0. The molecule has 2 aliphatic carbocycles. The lowest BCUT2D eigenvalue weighted by molar-refractivity contribution is -0.158. The first kappa shape index (κ1) is 23.7. The maximum absolute atomic E-state index is 12.5. The minimum atomic E-state index is -0.958. The maximum Gasteiger partial charge on any atom is 0.308 e. The van der Waals surface area contributed by atoms with Crippen LogP contribution >= 0.6 is 0 Å². The smallest absolute Gasteiger partial charge is 0.308 e. The maximum atomic E-state index is 12.5. The van der Waals surface area contributed by atoms with Crippen molar-refractivity contribution in [1.82, 2.24) is 0 Å². The largest absolute Gasteiger partial charge is 0.481 e. The lowest BCUT2D eigenvalue weighted by Gasteiger charge is -2.43. The van der Waals surface area contributed by atoms with Crippen LogP contribution in [0.3, 0.4) is 0 Å². The number of hydrogen-bond donors (Lipinski definition) is 2. The molecule has 7 atom stereocenters. The molecule has 0 spiro atoms. The van der Waals surface area contributed by atoms with Crippen molar-refractivity contribution in [3.63, 3.8) is 0 Å². The van der Waals surface area contributed by atoms with Gasteiger partial charge in [-0.25, -0.2) is 0 Å². The minimum absolute atomic E-state index is 0.0783. The number of esters is 1. The molecule has 29 heavy (non-hydrogen) atoms. The summed E-state index contributed by atoms with van der Waals surface area (Å²) in [5, 5.41) is 18.6. The number of fused-ring (bicyclic) bond motifs is 1. The molecule has 0 aromatic rings. The highest BCUT2D eigenvalue weighted by Crippen LogP contribution is 2.45. The number of rotatable bonds is 10. The van der Waals surface area contributed by atoms with Crippen LogP contribution in [0.5, 0.6) is 0 Å². The van der Waals surface area contributed by atoms with Gasteiger partial charge in [-0.2, -0.15) is 0 Å². The molecule has 5 nitrogen and oxygen atoms in total. The fourth-order valence-electron chi connectivity index (χ4n) is 4.72. The van der Waals surface area contributed by atoms with E-state index in [0.717, 1.165) is 32.1 Å². The summed E-state index contributed by atoms with van der Waals surface area (Å²) in [4.78, 5) is 23.2. The SMILES string of the molecule is CC[C@H](C)C(=O)O[C@H]1C[C@@H](C)C=C2C=C[C@H](C)[C@H](CCCC[C@@H](O)CC(=O)O)[C@H]21. The van der Waals surface area contributed by atoms with Gasteiger partial charge in [-0.05, 0) is 49.0 Å². The van der Waals surface area contributed by atoms with Crippen LogP contribution in [0.2, 0.25) is 0 Å². The monoisotopic (exact) mass is 406 g/mol.